The number of nitrogens with one attached hydrogen (secondary N) is 1. The lowest BCUT2D eigenvalue weighted by Crippen LogP contribution is -2.39. The van der Waals surface area contributed by atoms with Crippen LogP contribution in [0, 0.1) is 25.7 Å². The molecule has 0 aliphatic carbocycles. The standard InChI is InChI=1S/C16H30N4O2S/c1-12(2)10-20-14(4)16(13(3)18-20)23(21,22)17-9-15-7-6-8-19(5)11-15/h12,15,17H,6-11H2,1-5H3/t15-/m0/s1. The van der Waals surface area contributed by atoms with Gasteiger partial charge in [-0.05, 0) is 52.1 Å². The molecule has 0 spiro atoms. The molecule has 0 unspecified atom stereocenters. The van der Waals surface area contributed by atoms with Gasteiger partial charge >= 0.3 is 0 Å². The van der Waals surface area contributed by atoms with E-state index in [1.54, 1.807) is 6.92 Å². The molecule has 0 bridgehead atoms. The summed E-state index contributed by atoms with van der Waals surface area (Å²) >= 11 is 0. The monoisotopic (exact) mass is 342 g/mol. The Morgan fingerprint density at radius 2 is 2.04 bits per heavy atom. The van der Waals surface area contributed by atoms with Gasteiger partial charge in [-0.1, -0.05) is 13.8 Å². The second kappa shape index (κ2) is 7.32. The number of piperidine rings is 1. The van der Waals surface area contributed by atoms with Gasteiger partial charge in [-0.3, -0.25) is 4.68 Å². The van der Waals surface area contributed by atoms with Crippen LogP contribution in [0.15, 0.2) is 4.90 Å². The van der Waals surface area contributed by atoms with Crippen molar-refractivity contribution in [3.05, 3.63) is 11.4 Å². The highest BCUT2D eigenvalue weighted by molar-refractivity contribution is 7.89. The Hall–Kier alpha value is -0.920. The number of aryl methyl sites for hydroxylation is 1. The predicted molar refractivity (Wildman–Crippen MR) is 91.9 cm³/mol. The molecular weight excluding hydrogens is 312 g/mol. The third-order valence-corrected chi connectivity index (χ3v) is 6.08. The smallest absolute Gasteiger partial charge is 0.244 e. The molecule has 1 N–H and O–H groups in total. The third kappa shape index (κ3) is 4.55. The summed E-state index contributed by atoms with van der Waals surface area (Å²) in [7, 11) is -1.42. The maximum atomic E-state index is 12.7. The van der Waals surface area contributed by atoms with E-state index in [0.717, 1.165) is 38.2 Å². The van der Waals surface area contributed by atoms with Gasteiger partial charge in [0.25, 0.3) is 0 Å². The van der Waals surface area contributed by atoms with E-state index in [1.165, 1.54) is 0 Å². The minimum atomic E-state index is -3.51. The summed E-state index contributed by atoms with van der Waals surface area (Å²) in [5, 5.41) is 4.41. The van der Waals surface area contributed by atoms with Gasteiger partial charge in [0.1, 0.15) is 4.90 Å². The van der Waals surface area contributed by atoms with Crippen LogP contribution in [0.25, 0.3) is 0 Å². The fourth-order valence-electron chi connectivity index (χ4n) is 3.33. The Kier molecular flexibility index (Phi) is 5.86. The highest BCUT2D eigenvalue weighted by atomic mass is 32.2. The van der Waals surface area contributed by atoms with E-state index in [9.17, 15) is 8.42 Å². The summed E-state index contributed by atoms with van der Waals surface area (Å²) in [5.74, 6) is 0.809. The maximum absolute atomic E-state index is 12.7. The summed E-state index contributed by atoms with van der Waals surface area (Å²) in [4.78, 5) is 2.61. The van der Waals surface area contributed by atoms with Crippen LogP contribution < -0.4 is 4.72 Å². The zero-order valence-corrected chi connectivity index (χ0v) is 15.8. The fraction of sp³-hybridized carbons (Fsp3) is 0.812. The van der Waals surface area contributed by atoms with Crippen molar-refractivity contribution >= 4 is 10.0 Å². The summed E-state index contributed by atoms with van der Waals surface area (Å²) in [5.41, 5.74) is 1.31. The van der Waals surface area contributed by atoms with Crippen LogP contribution in [0.2, 0.25) is 0 Å². The van der Waals surface area contributed by atoms with E-state index in [-0.39, 0.29) is 0 Å². The second-order valence-corrected chi connectivity index (χ2v) is 8.90. The lowest BCUT2D eigenvalue weighted by molar-refractivity contribution is 0.211. The number of hydrogen-bond acceptors (Lipinski definition) is 4. The highest BCUT2D eigenvalue weighted by Gasteiger charge is 2.26. The van der Waals surface area contributed by atoms with Gasteiger partial charge < -0.3 is 4.90 Å². The molecule has 2 rings (SSSR count). The molecule has 23 heavy (non-hydrogen) atoms. The predicted octanol–water partition coefficient (Wildman–Crippen LogP) is 1.78. The molecular formula is C16H30N4O2S. The quantitative estimate of drug-likeness (QED) is 0.856. The number of sulfonamides is 1. The zero-order chi connectivity index (χ0) is 17.2. The number of nitrogens with zero attached hydrogens (tertiary/aromatic N) is 3. The van der Waals surface area contributed by atoms with Crippen molar-refractivity contribution in [2.45, 2.75) is 52.0 Å². The third-order valence-electron chi connectivity index (χ3n) is 4.41. The zero-order valence-electron chi connectivity index (χ0n) is 15.0. The number of aromatic nitrogens is 2. The van der Waals surface area contributed by atoms with Gasteiger partial charge in [-0.2, -0.15) is 5.10 Å². The van der Waals surface area contributed by atoms with Crippen LogP contribution in [0.4, 0.5) is 0 Å². The van der Waals surface area contributed by atoms with Crippen LogP contribution in [0.3, 0.4) is 0 Å². The van der Waals surface area contributed by atoms with E-state index in [4.69, 9.17) is 0 Å². The van der Waals surface area contributed by atoms with E-state index in [0.29, 0.717) is 29.0 Å². The normalized spacial score (nSPS) is 20.3. The Balaban J connectivity index is 2.11. The summed E-state index contributed by atoms with van der Waals surface area (Å²) < 4.78 is 30.1. The minimum Gasteiger partial charge on any atom is -0.306 e. The first-order valence-electron chi connectivity index (χ1n) is 8.43. The molecule has 0 aromatic carbocycles. The highest BCUT2D eigenvalue weighted by Crippen LogP contribution is 2.21. The van der Waals surface area contributed by atoms with E-state index in [2.05, 4.69) is 35.6 Å². The Morgan fingerprint density at radius 3 is 2.65 bits per heavy atom. The van der Waals surface area contributed by atoms with Crippen molar-refractivity contribution in [2.75, 3.05) is 26.7 Å². The largest absolute Gasteiger partial charge is 0.306 e. The minimum absolute atomic E-state index is 0.349. The van der Waals surface area contributed by atoms with Gasteiger partial charge in [0, 0.05) is 19.6 Å². The molecule has 0 radical (unpaired) electrons. The number of rotatable bonds is 6. The molecule has 0 amide bonds. The van der Waals surface area contributed by atoms with Crippen LogP contribution in [-0.4, -0.2) is 49.8 Å². The molecule has 0 saturated carbocycles. The topological polar surface area (TPSA) is 67.2 Å². The Labute approximate surface area is 140 Å². The summed E-state index contributed by atoms with van der Waals surface area (Å²) in [6.45, 7) is 11.1. The van der Waals surface area contributed by atoms with Crippen LogP contribution in [-0.2, 0) is 16.6 Å². The Morgan fingerprint density at radius 1 is 1.35 bits per heavy atom. The van der Waals surface area contributed by atoms with Crippen LogP contribution in [0.1, 0.15) is 38.1 Å². The van der Waals surface area contributed by atoms with E-state index in [1.807, 2.05) is 11.6 Å². The summed E-state index contributed by atoms with van der Waals surface area (Å²) in [6.07, 6.45) is 2.21. The lowest BCUT2D eigenvalue weighted by Gasteiger charge is -2.29. The molecule has 2 heterocycles. The Bertz CT molecular complexity index is 637. The molecule has 1 saturated heterocycles. The van der Waals surface area contributed by atoms with Crippen molar-refractivity contribution in [3.63, 3.8) is 0 Å². The molecule has 6 nitrogen and oxygen atoms in total. The van der Waals surface area contributed by atoms with Gasteiger partial charge in [0.05, 0.1) is 11.4 Å². The molecule has 7 heteroatoms. The van der Waals surface area contributed by atoms with Crippen molar-refractivity contribution in [1.29, 1.82) is 0 Å². The molecule has 1 fully saturated rings. The van der Waals surface area contributed by atoms with E-state index >= 15 is 0 Å². The maximum Gasteiger partial charge on any atom is 0.244 e. The molecule has 1 aromatic heterocycles. The molecule has 1 atom stereocenters. The molecule has 132 valence electrons. The first-order chi connectivity index (χ1) is 10.7. The van der Waals surface area contributed by atoms with Crippen molar-refractivity contribution in [3.8, 4) is 0 Å². The number of likely N-dealkylation sites (tertiary alicyclic amines) is 1. The van der Waals surface area contributed by atoms with Gasteiger partial charge in [0.15, 0.2) is 0 Å². The van der Waals surface area contributed by atoms with Gasteiger partial charge in [-0.15, -0.1) is 0 Å². The van der Waals surface area contributed by atoms with E-state index < -0.39 is 10.0 Å². The van der Waals surface area contributed by atoms with Gasteiger partial charge in [0.2, 0.25) is 10.0 Å². The summed E-state index contributed by atoms with van der Waals surface area (Å²) in [6, 6.07) is 0. The number of hydrogen-bond donors (Lipinski definition) is 1. The average Bonchev–Trinajstić information content (AvgIpc) is 2.71. The fourth-order valence-corrected chi connectivity index (χ4v) is 4.86. The van der Waals surface area contributed by atoms with Crippen molar-refractivity contribution in [2.24, 2.45) is 11.8 Å². The average molecular weight is 343 g/mol. The lowest BCUT2D eigenvalue weighted by atomic mass is 9.99. The van der Waals surface area contributed by atoms with Crippen molar-refractivity contribution in [1.82, 2.24) is 19.4 Å². The van der Waals surface area contributed by atoms with Gasteiger partial charge in [-0.25, -0.2) is 13.1 Å². The second-order valence-electron chi connectivity index (χ2n) is 7.20. The molecule has 1 aromatic rings. The van der Waals surface area contributed by atoms with Crippen LogP contribution >= 0.6 is 0 Å². The molecule has 1 aliphatic heterocycles. The molecule has 1 aliphatic rings. The SMILES string of the molecule is Cc1nn(CC(C)C)c(C)c1S(=O)(=O)NC[C@@H]1CCCN(C)C1. The van der Waals surface area contributed by atoms with Crippen molar-refractivity contribution < 1.29 is 8.42 Å². The first kappa shape index (κ1) is 18.4. The first-order valence-corrected chi connectivity index (χ1v) is 9.91. The van der Waals surface area contributed by atoms with Crippen LogP contribution in [0.5, 0.6) is 0 Å².